The van der Waals surface area contributed by atoms with Crippen molar-refractivity contribution < 1.29 is 9.21 Å². The standard InChI is InChI=1S/C11H11N3O2/c1-13-11-14-6-9(16-11)7-3-2-4-8(5-7)10(12)15/h2-6H,1H3,(H2,12,15)(H,13,14). The number of nitrogens with two attached hydrogens (primary N) is 1. The van der Waals surface area contributed by atoms with Crippen LogP contribution in [-0.2, 0) is 0 Å². The molecule has 1 heterocycles. The molecule has 0 aliphatic rings. The van der Waals surface area contributed by atoms with Gasteiger partial charge in [-0.25, -0.2) is 4.98 Å². The Bertz CT molecular complexity index is 519. The second-order valence-corrected chi connectivity index (χ2v) is 3.22. The van der Waals surface area contributed by atoms with Crippen LogP contribution >= 0.6 is 0 Å². The molecule has 0 spiro atoms. The highest BCUT2D eigenvalue weighted by atomic mass is 16.4. The Morgan fingerprint density at radius 2 is 2.31 bits per heavy atom. The van der Waals surface area contributed by atoms with Gasteiger partial charge in [-0.2, -0.15) is 0 Å². The van der Waals surface area contributed by atoms with Crippen molar-refractivity contribution >= 4 is 11.9 Å². The van der Waals surface area contributed by atoms with Crippen LogP contribution in [0.4, 0.5) is 6.01 Å². The molecule has 0 atom stereocenters. The first-order valence-corrected chi connectivity index (χ1v) is 4.74. The number of nitrogens with one attached hydrogen (secondary N) is 1. The molecule has 0 fully saturated rings. The molecule has 2 rings (SSSR count). The van der Waals surface area contributed by atoms with Crippen LogP contribution in [0.25, 0.3) is 11.3 Å². The first kappa shape index (κ1) is 10.2. The van der Waals surface area contributed by atoms with E-state index < -0.39 is 5.91 Å². The van der Waals surface area contributed by atoms with E-state index in [-0.39, 0.29) is 0 Å². The predicted molar refractivity (Wildman–Crippen MR) is 60.0 cm³/mol. The summed E-state index contributed by atoms with van der Waals surface area (Å²) in [5.41, 5.74) is 6.41. The largest absolute Gasteiger partial charge is 0.424 e. The lowest BCUT2D eigenvalue weighted by atomic mass is 10.1. The van der Waals surface area contributed by atoms with Crippen molar-refractivity contribution in [3.63, 3.8) is 0 Å². The molecule has 0 aliphatic heterocycles. The number of nitrogens with zero attached hydrogens (tertiary/aromatic N) is 1. The van der Waals surface area contributed by atoms with E-state index in [1.807, 2.05) is 6.07 Å². The van der Waals surface area contributed by atoms with Crippen LogP contribution in [0.2, 0.25) is 0 Å². The summed E-state index contributed by atoms with van der Waals surface area (Å²) < 4.78 is 5.38. The second-order valence-electron chi connectivity index (χ2n) is 3.22. The molecular weight excluding hydrogens is 206 g/mol. The van der Waals surface area contributed by atoms with E-state index in [9.17, 15) is 4.79 Å². The minimum Gasteiger partial charge on any atom is -0.424 e. The molecule has 0 aliphatic carbocycles. The molecule has 82 valence electrons. The minimum atomic E-state index is -0.463. The lowest BCUT2D eigenvalue weighted by Crippen LogP contribution is -2.10. The van der Waals surface area contributed by atoms with Crippen molar-refractivity contribution in [2.24, 2.45) is 5.73 Å². The van der Waals surface area contributed by atoms with Gasteiger partial charge in [0.05, 0.1) is 6.20 Å². The van der Waals surface area contributed by atoms with Gasteiger partial charge < -0.3 is 15.5 Å². The van der Waals surface area contributed by atoms with E-state index in [1.165, 1.54) is 0 Å². The van der Waals surface area contributed by atoms with E-state index in [2.05, 4.69) is 10.3 Å². The highest BCUT2D eigenvalue weighted by Crippen LogP contribution is 2.22. The Morgan fingerprint density at radius 1 is 1.50 bits per heavy atom. The van der Waals surface area contributed by atoms with E-state index in [0.717, 1.165) is 5.56 Å². The number of benzene rings is 1. The smallest absolute Gasteiger partial charge is 0.294 e. The van der Waals surface area contributed by atoms with Crippen LogP contribution in [0.1, 0.15) is 10.4 Å². The molecule has 16 heavy (non-hydrogen) atoms. The summed E-state index contributed by atoms with van der Waals surface area (Å²) in [6, 6.07) is 7.33. The Balaban J connectivity index is 2.40. The number of primary amides is 1. The van der Waals surface area contributed by atoms with Crippen LogP contribution in [-0.4, -0.2) is 17.9 Å². The Hall–Kier alpha value is -2.30. The van der Waals surface area contributed by atoms with E-state index in [1.54, 1.807) is 31.4 Å². The monoisotopic (exact) mass is 217 g/mol. The zero-order valence-corrected chi connectivity index (χ0v) is 8.73. The third kappa shape index (κ3) is 1.88. The molecule has 5 heteroatoms. The zero-order valence-electron chi connectivity index (χ0n) is 8.73. The molecule has 2 aromatic rings. The van der Waals surface area contributed by atoms with Gasteiger partial charge >= 0.3 is 0 Å². The van der Waals surface area contributed by atoms with Crippen molar-refractivity contribution in [2.75, 3.05) is 12.4 Å². The number of oxazole rings is 1. The van der Waals surface area contributed by atoms with Gasteiger partial charge in [0.1, 0.15) is 0 Å². The van der Waals surface area contributed by atoms with Gasteiger partial charge in [-0.15, -0.1) is 0 Å². The van der Waals surface area contributed by atoms with Gasteiger partial charge in [0.15, 0.2) is 5.76 Å². The molecule has 5 nitrogen and oxygen atoms in total. The maximum atomic E-state index is 11.0. The van der Waals surface area contributed by atoms with E-state index >= 15 is 0 Å². The van der Waals surface area contributed by atoms with Gasteiger partial charge in [-0.05, 0) is 12.1 Å². The molecule has 0 bridgehead atoms. The minimum absolute atomic E-state index is 0.430. The van der Waals surface area contributed by atoms with Crippen molar-refractivity contribution in [1.82, 2.24) is 4.98 Å². The fraction of sp³-hybridized carbons (Fsp3) is 0.0909. The summed E-state index contributed by atoms with van der Waals surface area (Å²) >= 11 is 0. The highest BCUT2D eigenvalue weighted by molar-refractivity contribution is 5.93. The van der Waals surface area contributed by atoms with Gasteiger partial charge in [0.2, 0.25) is 5.91 Å². The van der Waals surface area contributed by atoms with Crippen LogP contribution in [0.15, 0.2) is 34.9 Å². The quantitative estimate of drug-likeness (QED) is 0.815. The normalized spacial score (nSPS) is 10.1. The Morgan fingerprint density at radius 3 is 2.94 bits per heavy atom. The van der Waals surface area contributed by atoms with Crippen molar-refractivity contribution in [3.8, 4) is 11.3 Å². The summed E-state index contributed by atoms with van der Waals surface area (Å²) in [5, 5.41) is 2.79. The summed E-state index contributed by atoms with van der Waals surface area (Å²) in [6.07, 6.45) is 1.59. The number of carbonyl (C=O) groups excluding carboxylic acids is 1. The molecule has 1 aromatic carbocycles. The fourth-order valence-electron chi connectivity index (χ4n) is 1.35. The summed E-state index contributed by atoms with van der Waals surface area (Å²) in [7, 11) is 1.72. The van der Waals surface area contributed by atoms with Gasteiger partial charge in [0.25, 0.3) is 6.01 Å². The average Bonchev–Trinajstić information content (AvgIpc) is 2.77. The molecule has 0 radical (unpaired) electrons. The van der Waals surface area contributed by atoms with Crippen LogP contribution in [0, 0.1) is 0 Å². The number of carbonyl (C=O) groups is 1. The lowest BCUT2D eigenvalue weighted by molar-refractivity contribution is 0.100. The first-order chi connectivity index (χ1) is 7.70. The van der Waals surface area contributed by atoms with Crippen molar-refractivity contribution in [2.45, 2.75) is 0 Å². The number of rotatable bonds is 3. The SMILES string of the molecule is CNc1ncc(-c2cccc(C(N)=O)c2)o1. The number of anilines is 1. The fourth-order valence-corrected chi connectivity index (χ4v) is 1.35. The molecule has 0 saturated carbocycles. The predicted octanol–water partition coefficient (Wildman–Crippen LogP) is 1.48. The topological polar surface area (TPSA) is 81.1 Å². The van der Waals surface area contributed by atoms with Gasteiger partial charge in [-0.3, -0.25) is 4.79 Å². The molecular formula is C11H11N3O2. The molecule has 1 amide bonds. The maximum Gasteiger partial charge on any atom is 0.294 e. The molecule has 3 N–H and O–H groups in total. The third-order valence-corrected chi connectivity index (χ3v) is 2.15. The Kier molecular flexibility index (Phi) is 2.59. The molecule has 0 unspecified atom stereocenters. The van der Waals surface area contributed by atoms with Crippen molar-refractivity contribution in [3.05, 3.63) is 36.0 Å². The van der Waals surface area contributed by atoms with Crippen LogP contribution in [0.5, 0.6) is 0 Å². The average molecular weight is 217 g/mol. The molecule has 0 saturated heterocycles. The van der Waals surface area contributed by atoms with Crippen molar-refractivity contribution in [1.29, 1.82) is 0 Å². The lowest BCUT2D eigenvalue weighted by Gasteiger charge is -1.98. The second kappa shape index (κ2) is 4.06. The summed E-state index contributed by atoms with van der Waals surface area (Å²) in [6.45, 7) is 0. The van der Waals surface area contributed by atoms with E-state index in [0.29, 0.717) is 17.3 Å². The van der Waals surface area contributed by atoms with Crippen LogP contribution < -0.4 is 11.1 Å². The zero-order chi connectivity index (χ0) is 11.5. The first-order valence-electron chi connectivity index (χ1n) is 4.74. The highest BCUT2D eigenvalue weighted by Gasteiger charge is 2.07. The number of amides is 1. The number of hydrogen-bond donors (Lipinski definition) is 2. The van der Waals surface area contributed by atoms with E-state index in [4.69, 9.17) is 10.2 Å². The number of aromatic nitrogens is 1. The third-order valence-electron chi connectivity index (χ3n) is 2.15. The Labute approximate surface area is 92.3 Å². The van der Waals surface area contributed by atoms with Gasteiger partial charge in [-0.1, -0.05) is 12.1 Å². The van der Waals surface area contributed by atoms with Gasteiger partial charge in [0, 0.05) is 18.2 Å². The summed E-state index contributed by atoms with van der Waals surface area (Å²) in [5.74, 6) is 0.127. The summed E-state index contributed by atoms with van der Waals surface area (Å²) in [4.78, 5) is 15.0. The van der Waals surface area contributed by atoms with Crippen LogP contribution in [0.3, 0.4) is 0 Å². The maximum absolute atomic E-state index is 11.0. The number of hydrogen-bond acceptors (Lipinski definition) is 4. The molecule has 1 aromatic heterocycles.